The van der Waals surface area contributed by atoms with Gasteiger partial charge in [-0.25, -0.2) is 0 Å². The Morgan fingerprint density at radius 1 is 0.833 bits per heavy atom. The molecule has 1 atom stereocenters. The van der Waals surface area contributed by atoms with Gasteiger partial charge in [-0.05, 0) is 62.1 Å². The number of aryl methyl sites for hydroxylation is 3. The van der Waals surface area contributed by atoms with Crippen molar-refractivity contribution in [1.29, 1.82) is 0 Å². The first-order chi connectivity index (χ1) is 8.58. The Morgan fingerprint density at radius 2 is 1.56 bits per heavy atom. The number of nitrogens with one attached hydrogen (secondary N) is 1. The molecule has 18 heavy (non-hydrogen) atoms. The predicted octanol–water partition coefficient (Wildman–Crippen LogP) is 4.78. The van der Waals surface area contributed by atoms with Crippen LogP contribution in [0.4, 0.5) is 5.69 Å². The van der Waals surface area contributed by atoms with Gasteiger partial charge in [0, 0.05) is 11.7 Å². The summed E-state index contributed by atoms with van der Waals surface area (Å²) in [5.74, 6) is 0. The topological polar surface area (TPSA) is 12.0 Å². The van der Waals surface area contributed by atoms with Crippen molar-refractivity contribution in [1.82, 2.24) is 0 Å². The van der Waals surface area contributed by atoms with Crippen molar-refractivity contribution >= 4 is 5.69 Å². The molecule has 0 aromatic heterocycles. The molecular formula is C17H21N. The van der Waals surface area contributed by atoms with E-state index in [4.69, 9.17) is 0 Å². The zero-order valence-electron chi connectivity index (χ0n) is 11.6. The number of rotatable bonds is 3. The van der Waals surface area contributed by atoms with Crippen LogP contribution in [-0.4, -0.2) is 0 Å². The Balaban J connectivity index is 2.19. The lowest BCUT2D eigenvalue weighted by molar-refractivity contribution is 0.874. The van der Waals surface area contributed by atoms with Crippen LogP contribution in [0.2, 0.25) is 0 Å². The van der Waals surface area contributed by atoms with Gasteiger partial charge in [-0.2, -0.15) is 0 Å². The third-order valence-electron chi connectivity index (χ3n) is 3.55. The first-order valence-corrected chi connectivity index (χ1v) is 6.47. The van der Waals surface area contributed by atoms with Crippen molar-refractivity contribution in [2.24, 2.45) is 0 Å². The molecule has 1 N–H and O–H groups in total. The van der Waals surface area contributed by atoms with Crippen LogP contribution in [0.3, 0.4) is 0 Å². The molecule has 0 aliphatic heterocycles. The van der Waals surface area contributed by atoms with Crippen molar-refractivity contribution in [2.45, 2.75) is 33.7 Å². The summed E-state index contributed by atoms with van der Waals surface area (Å²) in [6, 6.07) is 15.4. The summed E-state index contributed by atoms with van der Waals surface area (Å²) in [5.41, 5.74) is 6.55. The van der Waals surface area contributed by atoms with E-state index in [2.05, 4.69) is 75.5 Å². The van der Waals surface area contributed by atoms with E-state index in [9.17, 15) is 0 Å². The number of hydrogen-bond acceptors (Lipinski definition) is 1. The second-order valence-corrected chi connectivity index (χ2v) is 5.02. The Labute approximate surface area is 110 Å². The van der Waals surface area contributed by atoms with Gasteiger partial charge in [-0.15, -0.1) is 0 Å². The normalized spacial score (nSPS) is 12.2. The van der Waals surface area contributed by atoms with Crippen LogP contribution in [0.15, 0.2) is 42.5 Å². The summed E-state index contributed by atoms with van der Waals surface area (Å²) in [4.78, 5) is 0. The van der Waals surface area contributed by atoms with Crippen molar-refractivity contribution in [3.05, 3.63) is 64.7 Å². The van der Waals surface area contributed by atoms with Crippen LogP contribution in [-0.2, 0) is 0 Å². The molecule has 1 unspecified atom stereocenters. The minimum atomic E-state index is 0.327. The molecule has 2 aromatic carbocycles. The molecule has 1 heteroatoms. The molecule has 0 saturated heterocycles. The molecule has 0 aliphatic carbocycles. The third-order valence-corrected chi connectivity index (χ3v) is 3.55. The maximum atomic E-state index is 3.57. The first kappa shape index (κ1) is 12.7. The van der Waals surface area contributed by atoms with E-state index in [1.165, 1.54) is 27.9 Å². The average molecular weight is 239 g/mol. The highest BCUT2D eigenvalue weighted by Crippen LogP contribution is 2.23. The molecule has 0 amide bonds. The van der Waals surface area contributed by atoms with Gasteiger partial charge < -0.3 is 5.32 Å². The summed E-state index contributed by atoms with van der Waals surface area (Å²) in [6.45, 7) is 8.66. The fourth-order valence-corrected chi connectivity index (χ4v) is 2.23. The Morgan fingerprint density at radius 3 is 2.22 bits per heavy atom. The van der Waals surface area contributed by atoms with Gasteiger partial charge >= 0.3 is 0 Å². The van der Waals surface area contributed by atoms with E-state index >= 15 is 0 Å². The van der Waals surface area contributed by atoms with Crippen LogP contribution < -0.4 is 5.32 Å². The molecule has 0 spiro atoms. The molecular weight excluding hydrogens is 218 g/mol. The van der Waals surface area contributed by atoms with Gasteiger partial charge in [-0.3, -0.25) is 0 Å². The van der Waals surface area contributed by atoms with Crippen LogP contribution in [0, 0.1) is 20.8 Å². The van der Waals surface area contributed by atoms with Crippen LogP contribution in [0.25, 0.3) is 0 Å². The largest absolute Gasteiger partial charge is 0.379 e. The zero-order chi connectivity index (χ0) is 13.1. The van der Waals surface area contributed by atoms with Gasteiger partial charge in [0.2, 0.25) is 0 Å². The fraction of sp³-hybridized carbons (Fsp3) is 0.294. The first-order valence-electron chi connectivity index (χ1n) is 6.47. The SMILES string of the molecule is Cc1ccc(NC(C)c2ccccc2C)cc1C. The van der Waals surface area contributed by atoms with Gasteiger partial charge in [0.1, 0.15) is 0 Å². The molecule has 0 fully saturated rings. The maximum Gasteiger partial charge on any atom is 0.0488 e. The van der Waals surface area contributed by atoms with Gasteiger partial charge in [0.05, 0.1) is 0 Å². The summed E-state index contributed by atoms with van der Waals surface area (Å²) in [7, 11) is 0. The summed E-state index contributed by atoms with van der Waals surface area (Å²) < 4.78 is 0. The fourth-order valence-electron chi connectivity index (χ4n) is 2.23. The lowest BCUT2D eigenvalue weighted by Gasteiger charge is -2.18. The van der Waals surface area contributed by atoms with E-state index in [0.29, 0.717) is 6.04 Å². The van der Waals surface area contributed by atoms with E-state index in [1.54, 1.807) is 0 Å². The standard InChI is InChI=1S/C17H21N/c1-12-9-10-16(11-14(12)3)18-15(4)17-8-6-5-7-13(17)2/h5-11,15,18H,1-4H3. The lowest BCUT2D eigenvalue weighted by Crippen LogP contribution is -2.08. The number of benzene rings is 2. The van der Waals surface area contributed by atoms with E-state index in [1.807, 2.05) is 0 Å². The van der Waals surface area contributed by atoms with E-state index < -0.39 is 0 Å². The molecule has 2 rings (SSSR count). The van der Waals surface area contributed by atoms with Crippen LogP contribution >= 0.6 is 0 Å². The Bertz CT molecular complexity index is 543. The molecule has 94 valence electrons. The Hall–Kier alpha value is -1.76. The second kappa shape index (κ2) is 5.26. The lowest BCUT2D eigenvalue weighted by atomic mass is 10.0. The average Bonchev–Trinajstić information content (AvgIpc) is 2.34. The highest BCUT2D eigenvalue weighted by molar-refractivity contribution is 5.50. The molecule has 0 heterocycles. The third kappa shape index (κ3) is 2.73. The van der Waals surface area contributed by atoms with Crippen molar-refractivity contribution in [3.8, 4) is 0 Å². The molecule has 0 radical (unpaired) electrons. The molecule has 0 bridgehead atoms. The van der Waals surface area contributed by atoms with E-state index in [0.717, 1.165) is 0 Å². The highest BCUT2D eigenvalue weighted by Gasteiger charge is 2.07. The van der Waals surface area contributed by atoms with Crippen LogP contribution in [0.5, 0.6) is 0 Å². The van der Waals surface area contributed by atoms with Gasteiger partial charge in [0.15, 0.2) is 0 Å². The van der Waals surface area contributed by atoms with E-state index in [-0.39, 0.29) is 0 Å². The minimum absolute atomic E-state index is 0.327. The number of anilines is 1. The molecule has 2 aromatic rings. The van der Waals surface area contributed by atoms with Crippen LogP contribution in [0.1, 0.15) is 35.2 Å². The van der Waals surface area contributed by atoms with Crippen molar-refractivity contribution in [3.63, 3.8) is 0 Å². The van der Waals surface area contributed by atoms with Gasteiger partial charge in [0.25, 0.3) is 0 Å². The summed E-state index contributed by atoms with van der Waals surface area (Å²) in [6.07, 6.45) is 0. The zero-order valence-corrected chi connectivity index (χ0v) is 11.6. The smallest absolute Gasteiger partial charge is 0.0488 e. The van der Waals surface area contributed by atoms with Gasteiger partial charge in [-0.1, -0.05) is 30.3 Å². The van der Waals surface area contributed by atoms with Crippen molar-refractivity contribution in [2.75, 3.05) is 5.32 Å². The number of hydrogen-bond donors (Lipinski definition) is 1. The summed E-state index contributed by atoms with van der Waals surface area (Å²) >= 11 is 0. The monoisotopic (exact) mass is 239 g/mol. The second-order valence-electron chi connectivity index (χ2n) is 5.02. The summed E-state index contributed by atoms with van der Waals surface area (Å²) in [5, 5.41) is 3.57. The minimum Gasteiger partial charge on any atom is -0.379 e. The molecule has 0 saturated carbocycles. The van der Waals surface area contributed by atoms with Crippen molar-refractivity contribution < 1.29 is 0 Å². The predicted molar refractivity (Wildman–Crippen MR) is 79.1 cm³/mol. The highest BCUT2D eigenvalue weighted by atomic mass is 14.9. The Kier molecular flexibility index (Phi) is 3.71. The molecule has 1 nitrogen and oxygen atoms in total. The maximum absolute atomic E-state index is 3.57. The quantitative estimate of drug-likeness (QED) is 0.812. The molecule has 0 aliphatic rings.